The summed E-state index contributed by atoms with van der Waals surface area (Å²) >= 11 is 3.46. The van der Waals surface area contributed by atoms with Gasteiger partial charge in [0.15, 0.2) is 11.6 Å². The number of unbranched alkanes of at least 4 members (excludes halogenated alkanes) is 1. The number of carbonyl (C=O) groups is 1. The van der Waals surface area contributed by atoms with Crippen molar-refractivity contribution in [3.63, 3.8) is 0 Å². The number of nitrogens with zero attached hydrogens (tertiary/aromatic N) is 2. The maximum Gasteiger partial charge on any atom is 0.225 e. The van der Waals surface area contributed by atoms with Gasteiger partial charge in [0.1, 0.15) is 0 Å². The number of rotatable bonds is 6. The number of halogens is 1. The fourth-order valence-corrected chi connectivity index (χ4v) is 2.09. The van der Waals surface area contributed by atoms with Gasteiger partial charge in [-0.05, 0) is 46.6 Å². The van der Waals surface area contributed by atoms with E-state index in [-0.39, 0.29) is 5.91 Å². The standard InChI is InChI=1S/C15H17BrN4O/c1-2-3-8-15(21)18-14-10-9-13(19-20-14)17-12-7-5-4-6-11(12)16/h4-7,9-10H,2-3,8H2,1H3,(H,17,19)(H,18,20,21). The Morgan fingerprint density at radius 2 is 1.86 bits per heavy atom. The van der Waals surface area contributed by atoms with Crippen LogP contribution >= 0.6 is 15.9 Å². The van der Waals surface area contributed by atoms with Gasteiger partial charge in [0.2, 0.25) is 5.91 Å². The highest BCUT2D eigenvalue weighted by molar-refractivity contribution is 9.10. The average Bonchev–Trinajstić information content (AvgIpc) is 2.49. The van der Waals surface area contributed by atoms with E-state index in [0.717, 1.165) is 23.0 Å². The molecule has 0 spiro atoms. The molecule has 1 amide bonds. The number of hydrogen-bond acceptors (Lipinski definition) is 4. The highest BCUT2D eigenvalue weighted by Crippen LogP contribution is 2.24. The fraction of sp³-hybridized carbons (Fsp3) is 0.267. The number of nitrogens with one attached hydrogen (secondary N) is 2. The molecule has 5 nitrogen and oxygen atoms in total. The summed E-state index contributed by atoms with van der Waals surface area (Å²) in [5.74, 6) is 1.06. The van der Waals surface area contributed by atoms with Crippen LogP contribution in [0.5, 0.6) is 0 Å². The Morgan fingerprint density at radius 3 is 2.52 bits per heavy atom. The molecule has 0 saturated carbocycles. The van der Waals surface area contributed by atoms with Gasteiger partial charge in [0.25, 0.3) is 0 Å². The molecule has 0 aliphatic carbocycles. The van der Waals surface area contributed by atoms with E-state index in [1.807, 2.05) is 24.3 Å². The number of carbonyl (C=O) groups excluding carboxylic acids is 1. The third kappa shape index (κ3) is 4.82. The summed E-state index contributed by atoms with van der Waals surface area (Å²) in [5.41, 5.74) is 0.909. The fourth-order valence-electron chi connectivity index (χ4n) is 1.71. The topological polar surface area (TPSA) is 66.9 Å². The average molecular weight is 349 g/mol. The number of amides is 1. The van der Waals surface area contributed by atoms with E-state index in [9.17, 15) is 4.79 Å². The molecular formula is C15H17BrN4O. The number of anilines is 3. The van der Waals surface area contributed by atoms with Crippen LogP contribution < -0.4 is 10.6 Å². The molecule has 2 aromatic rings. The largest absolute Gasteiger partial charge is 0.338 e. The highest BCUT2D eigenvalue weighted by Gasteiger charge is 2.04. The summed E-state index contributed by atoms with van der Waals surface area (Å²) in [4.78, 5) is 11.6. The molecule has 2 N–H and O–H groups in total. The van der Waals surface area contributed by atoms with Gasteiger partial charge in [0.05, 0.1) is 5.69 Å². The zero-order valence-corrected chi connectivity index (χ0v) is 13.4. The van der Waals surface area contributed by atoms with E-state index in [0.29, 0.717) is 18.1 Å². The minimum Gasteiger partial charge on any atom is -0.338 e. The van der Waals surface area contributed by atoms with Crippen molar-refractivity contribution in [2.24, 2.45) is 0 Å². The molecule has 1 heterocycles. The van der Waals surface area contributed by atoms with Gasteiger partial charge >= 0.3 is 0 Å². The van der Waals surface area contributed by atoms with Gasteiger partial charge < -0.3 is 10.6 Å². The van der Waals surface area contributed by atoms with Crippen LogP contribution in [0.4, 0.5) is 17.3 Å². The molecule has 0 aliphatic heterocycles. The van der Waals surface area contributed by atoms with Crippen molar-refractivity contribution in [2.45, 2.75) is 26.2 Å². The molecule has 0 aliphatic rings. The first kappa shape index (κ1) is 15.4. The van der Waals surface area contributed by atoms with E-state index < -0.39 is 0 Å². The molecule has 0 bridgehead atoms. The van der Waals surface area contributed by atoms with Crippen molar-refractivity contribution >= 4 is 39.2 Å². The molecule has 0 saturated heterocycles. The second-order valence-electron chi connectivity index (χ2n) is 4.56. The minimum atomic E-state index is -0.0299. The van der Waals surface area contributed by atoms with E-state index >= 15 is 0 Å². The monoisotopic (exact) mass is 348 g/mol. The van der Waals surface area contributed by atoms with Gasteiger partial charge in [-0.15, -0.1) is 10.2 Å². The smallest absolute Gasteiger partial charge is 0.225 e. The number of benzene rings is 1. The number of para-hydroxylation sites is 1. The van der Waals surface area contributed by atoms with Crippen molar-refractivity contribution in [3.8, 4) is 0 Å². The predicted molar refractivity (Wildman–Crippen MR) is 87.6 cm³/mol. The Morgan fingerprint density at radius 1 is 1.14 bits per heavy atom. The highest BCUT2D eigenvalue weighted by atomic mass is 79.9. The molecule has 6 heteroatoms. The van der Waals surface area contributed by atoms with Gasteiger partial charge in [-0.2, -0.15) is 0 Å². The summed E-state index contributed by atoms with van der Waals surface area (Å²) in [7, 11) is 0. The second-order valence-corrected chi connectivity index (χ2v) is 5.41. The van der Waals surface area contributed by atoms with Gasteiger partial charge in [-0.1, -0.05) is 25.5 Å². The zero-order valence-electron chi connectivity index (χ0n) is 11.8. The summed E-state index contributed by atoms with van der Waals surface area (Å²) in [6, 6.07) is 11.3. The lowest BCUT2D eigenvalue weighted by atomic mass is 10.2. The Labute approximate surface area is 132 Å². The molecule has 21 heavy (non-hydrogen) atoms. The van der Waals surface area contributed by atoms with Crippen molar-refractivity contribution in [1.29, 1.82) is 0 Å². The molecule has 1 aromatic carbocycles. The molecule has 0 radical (unpaired) electrons. The van der Waals surface area contributed by atoms with Gasteiger partial charge in [-0.3, -0.25) is 4.79 Å². The third-order valence-electron chi connectivity index (χ3n) is 2.83. The molecule has 110 valence electrons. The lowest BCUT2D eigenvalue weighted by molar-refractivity contribution is -0.116. The van der Waals surface area contributed by atoms with Gasteiger partial charge in [-0.25, -0.2) is 0 Å². The van der Waals surface area contributed by atoms with Crippen LogP contribution in [0.3, 0.4) is 0 Å². The van der Waals surface area contributed by atoms with Gasteiger partial charge in [0, 0.05) is 10.9 Å². The first-order valence-corrected chi connectivity index (χ1v) is 7.63. The quantitative estimate of drug-likeness (QED) is 0.824. The molecule has 2 rings (SSSR count). The van der Waals surface area contributed by atoms with Crippen LogP contribution in [0.1, 0.15) is 26.2 Å². The first-order chi connectivity index (χ1) is 10.2. The van der Waals surface area contributed by atoms with Crippen LogP contribution in [0, 0.1) is 0 Å². The van der Waals surface area contributed by atoms with Crippen LogP contribution in [-0.2, 0) is 4.79 Å². The van der Waals surface area contributed by atoms with Crippen molar-refractivity contribution < 1.29 is 4.79 Å². The normalized spacial score (nSPS) is 10.2. The van der Waals surface area contributed by atoms with E-state index in [1.165, 1.54) is 0 Å². The maximum atomic E-state index is 11.6. The van der Waals surface area contributed by atoms with E-state index in [1.54, 1.807) is 12.1 Å². The zero-order chi connectivity index (χ0) is 15.1. The Balaban J connectivity index is 1.96. The maximum absolute atomic E-state index is 11.6. The van der Waals surface area contributed by atoms with Crippen LogP contribution in [0.15, 0.2) is 40.9 Å². The predicted octanol–water partition coefficient (Wildman–Crippen LogP) is 4.11. The Bertz CT molecular complexity index is 601. The molecule has 0 atom stereocenters. The molecule has 0 fully saturated rings. The Hall–Kier alpha value is -1.95. The SMILES string of the molecule is CCCCC(=O)Nc1ccc(Nc2ccccc2Br)nn1. The first-order valence-electron chi connectivity index (χ1n) is 6.84. The minimum absolute atomic E-state index is 0.0299. The van der Waals surface area contributed by atoms with E-state index in [2.05, 4.69) is 43.7 Å². The summed E-state index contributed by atoms with van der Waals surface area (Å²) < 4.78 is 0.948. The van der Waals surface area contributed by atoms with Crippen LogP contribution in [-0.4, -0.2) is 16.1 Å². The lowest BCUT2D eigenvalue weighted by Crippen LogP contribution is -2.12. The third-order valence-corrected chi connectivity index (χ3v) is 3.52. The molecule has 0 unspecified atom stereocenters. The number of aromatic nitrogens is 2. The lowest BCUT2D eigenvalue weighted by Gasteiger charge is -2.08. The summed E-state index contributed by atoms with van der Waals surface area (Å²) in [6.45, 7) is 2.05. The van der Waals surface area contributed by atoms with Crippen molar-refractivity contribution in [1.82, 2.24) is 10.2 Å². The van der Waals surface area contributed by atoms with Crippen LogP contribution in [0.2, 0.25) is 0 Å². The summed E-state index contributed by atoms with van der Waals surface area (Å²) in [5, 5.41) is 13.9. The van der Waals surface area contributed by atoms with Crippen LogP contribution in [0.25, 0.3) is 0 Å². The molecular weight excluding hydrogens is 332 g/mol. The van der Waals surface area contributed by atoms with E-state index in [4.69, 9.17) is 0 Å². The summed E-state index contributed by atoms with van der Waals surface area (Å²) in [6.07, 6.45) is 2.38. The van der Waals surface area contributed by atoms with Crippen molar-refractivity contribution in [2.75, 3.05) is 10.6 Å². The Kier molecular flexibility index (Phi) is 5.68. The number of hydrogen-bond donors (Lipinski definition) is 2. The van der Waals surface area contributed by atoms with Crippen molar-refractivity contribution in [3.05, 3.63) is 40.9 Å². The molecule has 1 aromatic heterocycles. The second kappa shape index (κ2) is 7.73.